The molecule has 98 valence electrons. The molecule has 0 bridgehead atoms. The predicted molar refractivity (Wildman–Crippen MR) is 49.0 cm³/mol. The molecule has 0 radical (unpaired) electrons. The van der Waals surface area contributed by atoms with Gasteiger partial charge in [-0.1, -0.05) is 39.0 Å². The molecule has 0 aromatic carbocycles. The quantitative estimate of drug-likeness (QED) is 0.455. The molecule has 0 saturated carbocycles. The molecule has 0 heterocycles. The van der Waals surface area contributed by atoms with E-state index in [4.69, 9.17) is 0 Å². The smallest absolute Gasteiger partial charge is 0.170 e. The highest BCUT2D eigenvalue weighted by Gasteiger charge is 2.55. The third-order valence-corrected chi connectivity index (χ3v) is 2.39. The van der Waals surface area contributed by atoms with Crippen LogP contribution in [-0.2, 0) is 0 Å². The molecule has 0 aliphatic carbocycles. The standard InChI is InChI=1S/C10H16F6/c1-2-3-4-5-6-7-8(9(11,12)13)10(14,15)16/h8H,2-7H2,1H3. The van der Waals surface area contributed by atoms with Gasteiger partial charge in [-0.3, -0.25) is 0 Å². The summed E-state index contributed by atoms with van der Waals surface area (Å²) in [4.78, 5) is 0. The van der Waals surface area contributed by atoms with E-state index in [1.165, 1.54) is 0 Å². The van der Waals surface area contributed by atoms with Crippen LogP contribution in [0, 0.1) is 5.92 Å². The summed E-state index contributed by atoms with van der Waals surface area (Å²) in [7, 11) is 0. The number of hydrogen-bond donors (Lipinski definition) is 0. The molecule has 0 aliphatic rings. The van der Waals surface area contributed by atoms with Gasteiger partial charge in [0.2, 0.25) is 0 Å². The summed E-state index contributed by atoms with van der Waals surface area (Å²) < 4.78 is 72.4. The van der Waals surface area contributed by atoms with Crippen molar-refractivity contribution in [2.75, 3.05) is 0 Å². The van der Waals surface area contributed by atoms with Gasteiger partial charge < -0.3 is 0 Å². The second-order valence-corrected chi connectivity index (χ2v) is 3.84. The Bertz CT molecular complexity index is 167. The van der Waals surface area contributed by atoms with Gasteiger partial charge in [0, 0.05) is 0 Å². The van der Waals surface area contributed by atoms with Crippen LogP contribution in [0.4, 0.5) is 26.3 Å². The van der Waals surface area contributed by atoms with Crippen molar-refractivity contribution in [3.05, 3.63) is 0 Å². The van der Waals surface area contributed by atoms with Gasteiger partial charge in [0.15, 0.2) is 5.92 Å². The normalized spacial score (nSPS) is 13.5. The topological polar surface area (TPSA) is 0 Å². The Morgan fingerprint density at radius 2 is 1.19 bits per heavy atom. The third kappa shape index (κ3) is 6.23. The van der Waals surface area contributed by atoms with E-state index in [-0.39, 0.29) is 6.42 Å². The van der Waals surface area contributed by atoms with Crippen molar-refractivity contribution >= 4 is 0 Å². The second-order valence-electron chi connectivity index (χ2n) is 3.84. The van der Waals surface area contributed by atoms with Gasteiger partial charge in [0.25, 0.3) is 0 Å². The lowest BCUT2D eigenvalue weighted by atomic mass is 9.99. The first-order valence-corrected chi connectivity index (χ1v) is 5.33. The van der Waals surface area contributed by atoms with Crippen molar-refractivity contribution in [1.29, 1.82) is 0 Å². The molecule has 0 unspecified atom stereocenters. The van der Waals surface area contributed by atoms with Gasteiger partial charge in [0.05, 0.1) is 0 Å². The maximum Gasteiger partial charge on any atom is 0.400 e. The molecule has 0 nitrogen and oxygen atoms in total. The van der Waals surface area contributed by atoms with E-state index in [0.717, 1.165) is 12.8 Å². The average Bonchev–Trinajstić information content (AvgIpc) is 2.06. The van der Waals surface area contributed by atoms with Crippen LogP contribution < -0.4 is 0 Å². The molecule has 0 N–H and O–H groups in total. The number of halogens is 6. The van der Waals surface area contributed by atoms with E-state index in [1.807, 2.05) is 6.92 Å². The van der Waals surface area contributed by atoms with Crippen molar-refractivity contribution in [1.82, 2.24) is 0 Å². The Morgan fingerprint density at radius 3 is 1.56 bits per heavy atom. The zero-order valence-electron chi connectivity index (χ0n) is 9.09. The van der Waals surface area contributed by atoms with Gasteiger partial charge in [-0.05, 0) is 6.42 Å². The Hall–Kier alpha value is -0.420. The third-order valence-electron chi connectivity index (χ3n) is 2.39. The Kier molecular flexibility index (Phi) is 6.18. The first-order valence-electron chi connectivity index (χ1n) is 5.33. The zero-order valence-corrected chi connectivity index (χ0v) is 9.09. The lowest BCUT2D eigenvalue weighted by Gasteiger charge is -2.22. The summed E-state index contributed by atoms with van der Waals surface area (Å²) in [6.45, 7) is 1.92. The van der Waals surface area contributed by atoms with Crippen molar-refractivity contribution < 1.29 is 26.3 Å². The fourth-order valence-electron chi connectivity index (χ4n) is 1.46. The lowest BCUT2D eigenvalue weighted by molar-refractivity contribution is -0.285. The first-order chi connectivity index (χ1) is 7.19. The molecular weight excluding hydrogens is 234 g/mol. The SMILES string of the molecule is CCCCCCCC(C(F)(F)F)C(F)(F)F. The highest BCUT2D eigenvalue weighted by Crippen LogP contribution is 2.42. The van der Waals surface area contributed by atoms with Gasteiger partial charge in [-0.25, -0.2) is 0 Å². The Balaban J connectivity index is 4.06. The van der Waals surface area contributed by atoms with Crippen molar-refractivity contribution in [3.63, 3.8) is 0 Å². The molecule has 0 atom stereocenters. The molecule has 0 rings (SSSR count). The zero-order chi connectivity index (χ0) is 12.8. The van der Waals surface area contributed by atoms with Crippen LogP contribution in [0.2, 0.25) is 0 Å². The van der Waals surface area contributed by atoms with Crippen molar-refractivity contribution in [2.24, 2.45) is 5.92 Å². The van der Waals surface area contributed by atoms with Crippen LogP contribution in [0.25, 0.3) is 0 Å². The van der Waals surface area contributed by atoms with E-state index >= 15 is 0 Å². The van der Waals surface area contributed by atoms with E-state index in [9.17, 15) is 26.3 Å². The minimum Gasteiger partial charge on any atom is -0.170 e. The van der Waals surface area contributed by atoms with E-state index in [2.05, 4.69) is 0 Å². The maximum atomic E-state index is 12.1. The maximum absolute atomic E-state index is 12.1. The molecular formula is C10H16F6. The summed E-state index contributed by atoms with van der Waals surface area (Å²) in [5.41, 5.74) is 0. The highest BCUT2D eigenvalue weighted by atomic mass is 19.4. The van der Waals surface area contributed by atoms with E-state index in [0.29, 0.717) is 12.8 Å². The predicted octanol–water partition coefficient (Wildman–Crippen LogP) is 5.09. The van der Waals surface area contributed by atoms with Crippen LogP contribution in [-0.4, -0.2) is 12.4 Å². The Morgan fingerprint density at radius 1 is 0.750 bits per heavy atom. The monoisotopic (exact) mass is 250 g/mol. The van der Waals surface area contributed by atoms with Crippen LogP contribution in [0.15, 0.2) is 0 Å². The van der Waals surface area contributed by atoms with Crippen molar-refractivity contribution in [3.8, 4) is 0 Å². The van der Waals surface area contributed by atoms with E-state index in [1.54, 1.807) is 0 Å². The number of alkyl halides is 6. The van der Waals surface area contributed by atoms with Crippen LogP contribution in [0.3, 0.4) is 0 Å². The van der Waals surface area contributed by atoms with Gasteiger partial charge in [-0.15, -0.1) is 0 Å². The van der Waals surface area contributed by atoms with Crippen LogP contribution in [0.1, 0.15) is 45.4 Å². The highest BCUT2D eigenvalue weighted by molar-refractivity contribution is 4.75. The minimum absolute atomic E-state index is 0.0241. The fourth-order valence-corrected chi connectivity index (χ4v) is 1.46. The largest absolute Gasteiger partial charge is 0.400 e. The van der Waals surface area contributed by atoms with Gasteiger partial charge >= 0.3 is 12.4 Å². The van der Waals surface area contributed by atoms with E-state index < -0.39 is 24.7 Å². The summed E-state index contributed by atoms with van der Waals surface area (Å²) in [5, 5.41) is 0. The number of rotatable bonds is 6. The number of unbranched alkanes of at least 4 members (excludes halogenated alkanes) is 4. The summed E-state index contributed by atoms with van der Waals surface area (Å²) in [6, 6.07) is 0. The molecule has 0 fully saturated rings. The lowest BCUT2D eigenvalue weighted by Crippen LogP contribution is -2.36. The molecule has 0 spiro atoms. The minimum atomic E-state index is -5.18. The molecule has 6 heteroatoms. The van der Waals surface area contributed by atoms with Gasteiger partial charge in [-0.2, -0.15) is 26.3 Å². The Labute approximate surface area is 91.0 Å². The van der Waals surface area contributed by atoms with Gasteiger partial charge in [0.1, 0.15) is 0 Å². The molecule has 0 aliphatic heterocycles. The van der Waals surface area contributed by atoms with Crippen LogP contribution in [0.5, 0.6) is 0 Å². The molecule has 0 aromatic rings. The molecule has 0 aromatic heterocycles. The molecule has 0 amide bonds. The molecule has 16 heavy (non-hydrogen) atoms. The second kappa shape index (κ2) is 6.35. The van der Waals surface area contributed by atoms with Crippen LogP contribution >= 0.6 is 0 Å². The fraction of sp³-hybridized carbons (Fsp3) is 1.00. The van der Waals surface area contributed by atoms with Crippen molar-refractivity contribution in [2.45, 2.75) is 57.8 Å². The summed E-state index contributed by atoms with van der Waals surface area (Å²) in [5.74, 6) is -3.17. The molecule has 0 saturated heterocycles. The average molecular weight is 250 g/mol. The number of hydrogen-bond acceptors (Lipinski definition) is 0. The summed E-state index contributed by atoms with van der Waals surface area (Å²) >= 11 is 0. The summed E-state index contributed by atoms with van der Waals surface area (Å²) in [6.07, 6.45) is -8.35. The first kappa shape index (κ1) is 15.6.